The standard InChI is InChI=1S/C19H17NO5.C19H15NO5/c2*21-7-3-6-20-14-5-2-1-4-12(14)19(18(20)22)10-23-15-9-17-16(8-13(15)19)24-11-25-17/h1-2,4-5,8-9,21H,3,6-7,10-11H2;1-2,4-5,7-9H,3,6,10-11H2. The number of carbonyl (C=O) groups is 3. The molecular weight excluding hydrogens is 644 g/mol. The number of anilines is 2. The number of hydrogen-bond acceptors (Lipinski definition) is 10. The van der Waals surface area contributed by atoms with Crippen molar-refractivity contribution in [3.05, 3.63) is 95.1 Å². The lowest BCUT2D eigenvalue weighted by Gasteiger charge is -2.23. The number of para-hydroxylation sites is 2. The fourth-order valence-corrected chi connectivity index (χ4v) is 7.98. The van der Waals surface area contributed by atoms with Crippen molar-refractivity contribution < 1.29 is 47.9 Å². The van der Waals surface area contributed by atoms with E-state index in [-0.39, 0.29) is 45.2 Å². The second kappa shape index (κ2) is 11.4. The molecule has 2 amide bonds. The zero-order valence-corrected chi connectivity index (χ0v) is 26.9. The summed E-state index contributed by atoms with van der Waals surface area (Å²) in [6.07, 6.45) is 1.66. The van der Waals surface area contributed by atoms with Crippen molar-refractivity contribution in [3.8, 4) is 34.5 Å². The van der Waals surface area contributed by atoms with Gasteiger partial charge in [-0.15, -0.1) is 0 Å². The highest BCUT2D eigenvalue weighted by atomic mass is 16.7. The summed E-state index contributed by atoms with van der Waals surface area (Å²) in [4.78, 5) is 41.1. The van der Waals surface area contributed by atoms with Crippen molar-refractivity contribution in [1.82, 2.24) is 0 Å². The van der Waals surface area contributed by atoms with E-state index in [1.165, 1.54) is 0 Å². The van der Waals surface area contributed by atoms with Gasteiger partial charge in [-0.05, 0) is 41.8 Å². The largest absolute Gasteiger partial charge is 0.491 e. The average Bonchev–Trinajstić information content (AvgIpc) is 3.99. The summed E-state index contributed by atoms with van der Waals surface area (Å²) >= 11 is 0. The van der Waals surface area contributed by atoms with Crippen LogP contribution in [0.4, 0.5) is 11.4 Å². The lowest BCUT2D eigenvalue weighted by atomic mass is 9.77. The minimum absolute atomic E-state index is 0.0141. The van der Waals surface area contributed by atoms with Crippen LogP contribution in [0.1, 0.15) is 35.1 Å². The first-order chi connectivity index (χ1) is 24.5. The number of carbonyl (C=O) groups excluding carboxylic acids is 3. The van der Waals surface area contributed by atoms with E-state index in [1.54, 1.807) is 21.9 Å². The lowest BCUT2D eigenvalue weighted by Crippen LogP contribution is -2.43. The Kier molecular flexibility index (Phi) is 6.92. The molecule has 6 heterocycles. The zero-order valence-electron chi connectivity index (χ0n) is 26.9. The molecule has 0 aromatic heterocycles. The Bertz CT molecular complexity index is 2080. The van der Waals surface area contributed by atoms with Crippen LogP contribution in [0.25, 0.3) is 0 Å². The number of aliphatic hydroxyl groups is 1. The molecule has 1 N–H and O–H groups in total. The summed E-state index contributed by atoms with van der Waals surface area (Å²) in [5, 5.41) is 9.19. The Balaban J connectivity index is 0.000000135. The quantitative estimate of drug-likeness (QED) is 0.301. The average molecular weight is 677 g/mol. The molecular formula is C38H32N2O10. The molecule has 6 aliphatic rings. The van der Waals surface area contributed by atoms with Gasteiger partial charge in [0.1, 0.15) is 41.8 Å². The lowest BCUT2D eigenvalue weighted by molar-refractivity contribution is -0.123. The highest BCUT2D eigenvalue weighted by molar-refractivity contribution is 6.12. The maximum Gasteiger partial charge on any atom is 0.245 e. The number of aldehydes is 1. The molecule has 0 saturated carbocycles. The van der Waals surface area contributed by atoms with Crippen LogP contribution in [0, 0.1) is 0 Å². The molecule has 2 spiro atoms. The molecule has 4 aromatic carbocycles. The van der Waals surface area contributed by atoms with Gasteiger partial charge in [0, 0.05) is 60.8 Å². The summed E-state index contributed by atoms with van der Waals surface area (Å²) in [5.41, 5.74) is 3.43. The van der Waals surface area contributed by atoms with E-state index in [4.69, 9.17) is 28.4 Å². The van der Waals surface area contributed by atoms with Crippen LogP contribution in [-0.2, 0) is 25.2 Å². The number of hydrogen-bond donors (Lipinski definition) is 1. The van der Waals surface area contributed by atoms with Crippen LogP contribution in [0.15, 0.2) is 72.8 Å². The number of rotatable bonds is 6. The number of nitrogens with zero attached hydrogens (tertiary/aromatic N) is 2. The molecule has 6 aliphatic heterocycles. The molecule has 0 saturated heterocycles. The van der Waals surface area contributed by atoms with Gasteiger partial charge in [-0.3, -0.25) is 9.59 Å². The van der Waals surface area contributed by atoms with Gasteiger partial charge in [-0.2, -0.15) is 0 Å². The van der Waals surface area contributed by atoms with Crippen molar-refractivity contribution in [3.63, 3.8) is 0 Å². The third kappa shape index (κ3) is 4.11. The Morgan fingerprint density at radius 1 is 0.600 bits per heavy atom. The van der Waals surface area contributed by atoms with Crippen LogP contribution in [0.5, 0.6) is 34.5 Å². The maximum absolute atomic E-state index is 13.4. The first kappa shape index (κ1) is 30.3. The molecule has 12 heteroatoms. The third-order valence-corrected chi connectivity index (χ3v) is 10.3. The van der Waals surface area contributed by atoms with E-state index in [0.29, 0.717) is 60.4 Å². The molecule has 2 atom stereocenters. The van der Waals surface area contributed by atoms with Crippen LogP contribution in [0.2, 0.25) is 0 Å². The van der Waals surface area contributed by atoms with Gasteiger partial charge >= 0.3 is 0 Å². The second-order valence-corrected chi connectivity index (χ2v) is 12.8. The van der Waals surface area contributed by atoms with Gasteiger partial charge in [0.2, 0.25) is 25.4 Å². The number of benzene rings is 4. The van der Waals surface area contributed by atoms with Gasteiger partial charge < -0.3 is 48.1 Å². The maximum atomic E-state index is 13.4. The van der Waals surface area contributed by atoms with Crippen molar-refractivity contribution in [2.24, 2.45) is 0 Å². The minimum Gasteiger partial charge on any atom is -0.491 e. The Labute approximate surface area is 286 Å². The van der Waals surface area contributed by atoms with E-state index in [2.05, 4.69) is 0 Å². The van der Waals surface area contributed by atoms with Crippen molar-refractivity contribution >= 4 is 29.5 Å². The molecule has 10 rings (SSSR count). The van der Waals surface area contributed by atoms with Crippen LogP contribution < -0.4 is 38.2 Å². The van der Waals surface area contributed by atoms with Crippen LogP contribution >= 0.6 is 0 Å². The fourth-order valence-electron chi connectivity index (χ4n) is 7.98. The highest BCUT2D eigenvalue weighted by Gasteiger charge is 2.58. The molecule has 12 nitrogen and oxygen atoms in total. The molecule has 50 heavy (non-hydrogen) atoms. The molecule has 0 fully saturated rings. The Morgan fingerprint density at radius 2 is 1.06 bits per heavy atom. The summed E-state index contributed by atoms with van der Waals surface area (Å²) in [6, 6.07) is 22.8. The number of amides is 2. The third-order valence-electron chi connectivity index (χ3n) is 10.3. The van der Waals surface area contributed by atoms with Gasteiger partial charge in [0.25, 0.3) is 0 Å². The Hall–Kier alpha value is -5.75. The van der Waals surface area contributed by atoms with Crippen LogP contribution in [-0.4, -0.2) is 69.7 Å². The summed E-state index contributed by atoms with van der Waals surface area (Å²) in [5.74, 6) is 3.77. The van der Waals surface area contributed by atoms with Crippen molar-refractivity contribution in [2.45, 2.75) is 23.7 Å². The first-order valence-electron chi connectivity index (χ1n) is 16.5. The Morgan fingerprint density at radius 3 is 1.54 bits per heavy atom. The van der Waals surface area contributed by atoms with Gasteiger partial charge in [0.15, 0.2) is 23.0 Å². The smallest absolute Gasteiger partial charge is 0.245 e. The van der Waals surface area contributed by atoms with E-state index < -0.39 is 10.8 Å². The number of ether oxygens (including phenoxy) is 6. The first-order valence-corrected chi connectivity index (χ1v) is 16.5. The van der Waals surface area contributed by atoms with Gasteiger partial charge in [0.05, 0.1) is 0 Å². The zero-order chi connectivity index (χ0) is 34.0. The fraction of sp³-hybridized carbons (Fsp3) is 0.289. The predicted molar refractivity (Wildman–Crippen MR) is 178 cm³/mol. The highest BCUT2D eigenvalue weighted by Crippen LogP contribution is 2.56. The second-order valence-electron chi connectivity index (χ2n) is 12.8. The molecule has 0 aliphatic carbocycles. The van der Waals surface area contributed by atoms with E-state index in [0.717, 1.165) is 39.9 Å². The minimum atomic E-state index is -0.893. The van der Waals surface area contributed by atoms with Crippen molar-refractivity contribution in [1.29, 1.82) is 0 Å². The van der Waals surface area contributed by atoms with E-state index in [9.17, 15) is 19.5 Å². The molecule has 0 radical (unpaired) electrons. The summed E-state index contributed by atoms with van der Waals surface area (Å²) in [6.45, 7) is 1.73. The molecule has 2 unspecified atom stereocenters. The topological polar surface area (TPSA) is 133 Å². The SMILES string of the molecule is O=C1N(CCCO)c2ccccc2C12COc1cc3c(cc12)OCO3.O=CCCN1C(=O)C2(COc3cc4c(cc32)OCO4)c2ccccc21. The number of aliphatic hydroxyl groups excluding tert-OH is 1. The van der Waals surface area contributed by atoms with Gasteiger partial charge in [-0.1, -0.05) is 36.4 Å². The number of fused-ring (bicyclic) bond motifs is 10. The van der Waals surface area contributed by atoms with Crippen molar-refractivity contribution in [2.75, 3.05) is 56.3 Å². The normalized spacial score (nSPS) is 22.2. The summed E-state index contributed by atoms with van der Waals surface area (Å²) < 4.78 is 33.6. The monoisotopic (exact) mass is 676 g/mol. The van der Waals surface area contributed by atoms with Gasteiger partial charge in [-0.25, -0.2) is 0 Å². The van der Waals surface area contributed by atoms with E-state index in [1.807, 2.05) is 60.7 Å². The molecule has 254 valence electrons. The van der Waals surface area contributed by atoms with E-state index >= 15 is 0 Å². The van der Waals surface area contributed by atoms with Crippen LogP contribution in [0.3, 0.4) is 0 Å². The summed E-state index contributed by atoms with van der Waals surface area (Å²) in [7, 11) is 0. The molecule has 0 bridgehead atoms. The molecule has 4 aromatic rings. The predicted octanol–water partition coefficient (Wildman–Crippen LogP) is 3.85.